The normalized spacial score (nSPS) is 14.7. The van der Waals surface area contributed by atoms with Crippen molar-refractivity contribution in [2.24, 2.45) is 0 Å². The highest BCUT2D eigenvalue weighted by Gasteiger charge is 2.41. The number of carbonyl (C=O) groups is 1. The molecule has 0 radical (unpaired) electrons. The van der Waals surface area contributed by atoms with Gasteiger partial charge in [-0.2, -0.15) is 0 Å². The minimum atomic E-state index is -2.12. The third kappa shape index (κ3) is 7.01. The van der Waals surface area contributed by atoms with Crippen molar-refractivity contribution >= 4 is 34.1 Å². The Bertz CT molecular complexity index is 659. The van der Waals surface area contributed by atoms with E-state index < -0.39 is 16.6 Å². The van der Waals surface area contributed by atoms with Gasteiger partial charge >= 0.3 is 0 Å². The maximum absolute atomic E-state index is 12.8. The number of nitrogens with one attached hydrogen (secondary N) is 1. The van der Waals surface area contributed by atoms with Crippen LogP contribution in [0.15, 0.2) is 24.3 Å². The van der Waals surface area contributed by atoms with Gasteiger partial charge < -0.3 is 9.41 Å². The van der Waals surface area contributed by atoms with Crippen molar-refractivity contribution in [2.75, 3.05) is 6.54 Å². The highest BCUT2D eigenvalue weighted by Crippen LogP contribution is 2.38. The molecule has 1 atom stereocenters. The van der Waals surface area contributed by atoms with Gasteiger partial charge in [-0.1, -0.05) is 78.4 Å². The Morgan fingerprint density at radius 3 is 1.93 bits per heavy atom. The zero-order valence-corrected chi connectivity index (χ0v) is 22.3. The van der Waals surface area contributed by atoms with Gasteiger partial charge in [0.1, 0.15) is 8.24 Å². The van der Waals surface area contributed by atoms with Crippen molar-refractivity contribution in [2.45, 2.75) is 90.1 Å². The second-order valence-electron chi connectivity index (χ2n) is 10.9. The highest BCUT2D eigenvalue weighted by molar-refractivity contribution is 6.77. The van der Waals surface area contributed by atoms with Crippen LogP contribution in [0.25, 0.3) is 0 Å². The largest absolute Gasteiger partial charge is 0.519 e. The monoisotopic (exact) mass is 441 g/mol. The van der Waals surface area contributed by atoms with Gasteiger partial charge in [-0.25, -0.2) is 0 Å². The Kier molecular flexibility index (Phi) is 8.19. The standard InChI is InChI=1S/C22H40ClNO2Si2/c1-21(2,3)27(7,8)24-16-18(17-11-13-19(23)14-12-17)15-20(25)26-28(9,10)22(4,5)6/h11-14,18,24H,15-16H2,1-10H3. The second-order valence-corrected chi connectivity index (χ2v) is 21.2. The molecule has 1 rings (SSSR count). The third-order valence-corrected chi connectivity index (χ3v) is 16.0. The quantitative estimate of drug-likeness (QED) is 0.464. The van der Waals surface area contributed by atoms with Gasteiger partial charge in [0.2, 0.25) is 0 Å². The molecule has 1 aromatic carbocycles. The first kappa shape index (κ1) is 25.4. The molecule has 0 aromatic heterocycles. The summed E-state index contributed by atoms with van der Waals surface area (Å²) >= 11 is 6.07. The first-order valence-electron chi connectivity index (χ1n) is 10.2. The summed E-state index contributed by atoms with van der Waals surface area (Å²) in [7, 11) is -3.78. The van der Waals surface area contributed by atoms with E-state index in [0.717, 1.165) is 12.1 Å². The van der Waals surface area contributed by atoms with Gasteiger partial charge in [0, 0.05) is 10.9 Å². The molecule has 0 saturated carbocycles. The van der Waals surface area contributed by atoms with E-state index in [1.807, 2.05) is 24.3 Å². The van der Waals surface area contributed by atoms with E-state index in [-0.39, 0.29) is 22.0 Å². The van der Waals surface area contributed by atoms with Crippen LogP contribution in [0.4, 0.5) is 0 Å². The lowest BCUT2D eigenvalue weighted by atomic mass is 9.96. The fraction of sp³-hybridized carbons (Fsp3) is 0.682. The molecule has 0 aliphatic carbocycles. The highest BCUT2D eigenvalue weighted by atomic mass is 35.5. The smallest absolute Gasteiger partial charge is 0.293 e. The van der Waals surface area contributed by atoms with Gasteiger partial charge in [-0.05, 0) is 47.4 Å². The number of carbonyl (C=O) groups excluding carboxylic acids is 1. The average molecular weight is 442 g/mol. The molecule has 0 fully saturated rings. The van der Waals surface area contributed by atoms with Gasteiger partial charge in [0.15, 0.2) is 0 Å². The molecule has 1 N–H and O–H groups in total. The number of hydrogen-bond donors (Lipinski definition) is 1. The van der Waals surface area contributed by atoms with Gasteiger partial charge in [-0.3, -0.25) is 4.79 Å². The zero-order valence-electron chi connectivity index (χ0n) is 19.5. The minimum absolute atomic E-state index is 0.0117. The summed E-state index contributed by atoms with van der Waals surface area (Å²) in [5.41, 5.74) is 1.13. The van der Waals surface area contributed by atoms with Crippen molar-refractivity contribution in [1.82, 2.24) is 4.98 Å². The molecule has 0 aliphatic heterocycles. The number of rotatable bonds is 7. The molecule has 3 nitrogen and oxygen atoms in total. The van der Waals surface area contributed by atoms with Crippen LogP contribution in [0.2, 0.25) is 41.3 Å². The fourth-order valence-corrected chi connectivity index (χ4v) is 4.74. The topological polar surface area (TPSA) is 38.3 Å². The van der Waals surface area contributed by atoms with Gasteiger partial charge in [-0.15, -0.1) is 0 Å². The minimum Gasteiger partial charge on any atom is -0.519 e. The lowest BCUT2D eigenvalue weighted by molar-refractivity contribution is -0.135. The van der Waals surface area contributed by atoms with Crippen LogP contribution in [-0.2, 0) is 9.22 Å². The third-order valence-electron chi connectivity index (χ3n) is 6.60. The SMILES string of the molecule is CC(C)(C)[Si](C)(C)NCC(CC(=O)O[Si](C)(C)C(C)(C)C)c1ccc(Cl)cc1. The number of halogens is 1. The number of benzene rings is 1. The molecule has 0 amide bonds. The molecule has 0 heterocycles. The van der Waals surface area contributed by atoms with Crippen LogP contribution in [0, 0.1) is 0 Å². The van der Waals surface area contributed by atoms with E-state index in [4.69, 9.17) is 16.0 Å². The second kappa shape index (κ2) is 9.03. The Morgan fingerprint density at radius 2 is 1.50 bits per heavy atom. The molecule has 0 saturated heterocycles. The molecule has 1 aromatic rings. The zero-order chi connectivity index (χ0) is 22.0. The van der Waals surface area contributed by atoms with Crippen molar-refractivity contribution in [3.05, 3.63) is 34.9 Å². The summed E-state index contributed by atoms with van der Waals surface area (Å²) < 4.78 is 6.03. The van der Waals surface area contributed by atoms with E-state index in [2.05, 4.69) is 72.7 Å². The first-order chi connectivity index (χ1) is 12.5. The van der Waals surface area contributed by atoms with Crippen LogP contribution in [0.5, 0.6) is 0 Å². The molecule has 0 bridgehead atoms. The van der Waals surface area contributed by atoms with Crippen molar-refractivity contribution < 1.29 is 9.22 Å². The summed E-state index contributed by atoms with van der Waals surface area (Å²) in [4.78, 5) is 16.7. The van der Waals surface area contributed by atoms with E-state index in [1.54, 1.807) is 0 Å². The maximum atomic E-state index is 12.8. The first-order valence-corrected chi connectivity index (χ1v) is 16.5. The summed E-state index contributed by atoms with van der Waals surface area (Å²) in [5, 5.41) is 0.959. The van der Waals surface area contributed by atoms with Crippen LogP contribution in [0.3, 0.4) is 0 Å². The Labute approximate surface area is 179 Å². The Hall–Kier alpha value is -0.626. The van der Waals surface area contributed by atoms with Crippen LogP contribution in [-0.4, -0.2) is 29.1 Å². The molecule has 1 unspecified atom stereocenters. The van der Waals surface area contributed by atoms with E-state index in [9.17, 15) is 4.79 Å². The predicted octanol–water partition coefficient (Wildman–Crippen LogP) is 6.96. The molecule has 160 valence electrons. The van der Waals surface area contributed by atoms with E-state index in [1.165, 1.54) is 0 Å². The summed E-state index contributed by atoms with van der Waals surface area (Å²) in [6.45, 7) is 23.0. The van der Waals surface area contributed by atoms with Crippen LogP contribution < -0.4 is 4.98 Å². The summed E-state index contributed by atoms with van der Waals surface area (Å²) in [6.07, 6.45) is 0.385. The summed E-state index contributed by atoms with van der Waals surface area (Å²) in [6, 6.07) is 7.85. The van der Waals surface area contributed by atoms with Crippen LogP contribution >= 0.6 is 11.6 Å². The van der Waals surface area contributed by atoms with Gasteiger partial charge in [0.05, 0.1) is 6.42 Å². The van der Waals surface area contributed by atoms with E-state index in [0.29, 0.717) is 11.4 Å². The predicted molar refractivity (Wildman–Crippen MR) is 127 cm³/mol. The lowest BCUT2D eigenvalue weighted by Crippen LogP contribution is -2.53. The fourth-order valence-electron chi connectivity index (χ4n) is 2.37. The summed E-state index contributed by atoms with van der Waals surface area (Å²) in [5.74, 6) is -0.0211. The van der Waals surface area contributed by atoms with Gasteiger partial charge in [0.25, 0.3) is 14.3 Å². The van der Waals surface area contributed by atoms with Crippen molar-refractivity contribution in [3.63, 3.8) is 0 Å². The van der Waals surface area contributed by atoms with E-state index >= 15 is 0 Å². The molecular weight excluding hydrogens is 402 g/mol. The molecular formula is C22H40ClNO2Si2. The Morgan fingerprint density at radius 1 is 1.00 bits per heavy atom. The maximum Gasteiger partial charge on any atom is 0.293 e. The lowest BCUT2D eigenvalue weighted by Gasteiger charge is -2.39. The Balaban J connectivity index is 2.99. The molecule has 28 heavy (non-hydrogen) atoms. The van der Waals surface area contributed by atoms with Crippen LogP contribution in [0.1, 0.15) is 59.4 Å². The van der Waals surface area contributed by atoms with Crippen molar-refractivity contribution in [1.29, 1.82) is 0 Å². The molecule has 6 heteroatoms. The molecule has 0 spiro atoms. The molecule has 0 aliphatic rings. The average Bonchev–Trinajstić information content (AvgIpc) is 2.49. The number of hydrogen-bond acceptors (Lipinski definition) is 3. The van der Waals surface area contributed by atoms with Crippen molar-refractivity contribution in [3.8, 4) is 0 Å².